The third-order valence-corrected chi connectivity index (χ3v) is 8.74. The second-order valence-corrected chi connectivity index (χ2v) is 10.7. The fraction of sp³-hybridized carbons (Fsp3) is 0.200. The molecular weight excluding hydrogens is 478 g/mol. The molecule has 4 heterocycles. The first-order valence-corrected chi connectivity index (χ1v) is 13.6. The van der Waals surface area contributed by atoms with E-state index in [2.05, 4.69) is 103 Å². The minimum Gasteiger partial charge on any atom is -0.455 e. The average Bonchev–Trinajstić information content (AvgIpc) is 3.35. The number of nitrogens with zero attached hydrogens (tertiary/aromatic N) is 3. The van der Waals surface area contributed by atoms with Gasteiger partial charge in [0.05, 0.1) is 18.1 Å². The van der Waals surface area contributed by atoms with Gasteiger partial charge in [-0.15, -0.1) is 0 Å². The molecule has 0 saturated heterocycles. The van der Waals surface area contributed by atoms with Crippen molar-refractivity contribution in [2.45, 2.75) is 38.1 Å². The molecule has 0 bridgehead atoms. The van der Waals surface area contributed by atoms with Crippen LogP contribution in [0.4, 0.5) is 0 Å². The van der Waals surface area contributed by atoms with Gasteiger partial charge < -0.3 is 9.32 Å². The van der Waals surface area contributed by atoms with E-state index in [1.165, 1.54) is 22.4 Å². The maximum absolute atomic E-state index is 9.44. The molecule has 2 atom stereocenters. The summed E-state index contributed by atoms with van der Waals surface area (Å²) in [7, 11) is 2.13. The van der Waals surface area contributed by atoms with Crippen LogP contribution in [0, 0.1) is 11.3 Å². The lowest BCUT2D eigenvalue weighted by Gasteiger charge is -2.35. The van der Waals surface area contributed by atoms with Crippen LogP contribution in [0.1, 0.15) is 54.0 Å². The van der Waals surface area contributed by atoms with Crippen molar-refractivity contribution < 1.29 is 8.98 Å². The van der Waals surface area contributed by atoms with E-state index in [0.717, 1.165) is 58.2 Å². The quantitative estimate of drug-likeness (QED) is 0.200. The van der Waals surface area contributed by atoms with E-state index in [1.807, 2.05) is 18.2 Å². The van der Waals surface area contributed by atoms with Crippen LogP contribution >= 0.6 is 0 Å². The van der Waals surface area contributed by atoms with Gasteiger partial charge >= 0.3 is 0 Å². The number of fused-ring (bicyclic) bond motifs is 11. The van der Waals surface area contributed by atoms with Crippen molar-refractivity contribution >= 4 is 27.6 Å². The maximum atomic E-state index is 9.44. The van der Waals surface area contributed by atoms with Crippen LogP contribution in [0.2, 0.25) is 0 Å². The Balaban J connectivity index is 1.44. The molecule has 4 nitrogen and oxygen atoms in total. The summed E-state index contributed by atoms with van der Waals surface area (Å²) in [5.74, 6) is 0.357. The van der Waals surface area contributed by atoms with E-state index < -0.39 is 0 Å². The molecule has 2 unspecified atom stereocenters. The number of pyridine rings is 1. The Labute approximate surface area is 228 Å². The molecular formula is C35H30N3O+. The molecule has 2 aliphatic heterocycles. The molecule has 7 rings (SSSR count). The van der Waals surface area contributed by atoms with Gasteiger partial charge in [0, 0.05) is 58.4 Å². The SMILES string of the molecule is C=C1CC2C(CCc3ccc4c(oc5cc(C#N)ccc54)c3/C(=C/C)N1C)c1ccccc1-c1cccc[n+]12. The molecule has 4 heteroatoms. The first-order valence-electron chi connectivity index (χ1n) is 13.6. The van der Waals surface area contributed by atoms with E-state index in [0.29, 0.717) is 11.5 Å². The fourth-order valence-electron chi connectivity index (χ4n) is 6.82. The molecule has 2 aliphatic rings. The lowest BCUT2D eigenvalue weighted by atomic mass is 9.77. The summed E-state index contributed by atoms with van der Waals surface area (Å²) in [6, 6.07) is 28.1. The summed E-state index contributed by atoms with van der Waals surface area (Å²) >= 11 is 0. The topological polar surface area (TPSA) is 44.1 Å². The number of aryl methyl sites for hydroxylation is 1. The summed E-state index contributed by atoms with van der Waals surface area (Å²) in [6.45, 7) is 6.70. The number of benzene rings is 3. The Bertz CT molecular complexity index is 1870. The molecule has 0 aliphatic carbocycles. The molecule has 0 fully saturated rings. The number of hydrogen-bond donors (Lipinski definition) is 0. The van der Waals surface area contributed by atoms with Crippen LogP contribution in [0.15, 0.2) is 102 Å². The zero-order valence-corrected chi connectivity index (χ0v) is 22.3. The van der Waals surface area contributed by atoms with E-state index in [1.54, 1.807) is 0 Å². The highest BCUT2D eigenvalue weighted by atomic mass is 16.3. The normalized spacial score (nSPS) is 19.8. The highest BCUT2D eigenvalue weighted by Crippen LogP contribution is 2.46. The second-order valence-electron chi connectivity index (χ2n) is 10.7. The molecule has 0 spiro atoms. The highest BCUT2D eigenvalue weighted by molar-refractivity contribution is 6.08. The number of allylic oxidation sites excluding steroid dienone is 2. The van der Waals surface area contributed by atoms with Gasteiger partial charge in [0.1, 0.15) is 11.2 Å². The van der Waals surface area contributed by atoms with Crippen molar-refractivity contribution in [1.29, 1.82) is 5.26 Å². The lowest BCUT2D eigenvalue weighted by Crippen LogP contribution is -2.48. The van der Waals surface area contributed by atoms with Gasteiger partial charge in [-0.1, -0.05) is 43.0 Å². The largest absolute Gasteiger partial charge is 0.455 e. The van der Waals surface area contributed by atoms with Crippen LogP contribution in [0.25, 0.3) is 38.9 Å². The first kappa shape index (κ1) is 23.5. The molecule has 190 valence electrons. The maximum Gasteiger partial charge on any atom is 0.213 e. The van der Waals surface area contributed by atoms with Crippen molar-refractivity contribution in [3.8, 4) is 17.3 Å². The van der Waals surface area contributed by atoms with Crippen molar-refractivity contribution in [2.75, 3.05) is 7.05 Å². The molecule has 0 saturated carbocycles. The summed E-state index contributed by atoms with van der Waals surface area (Å²) < 4.78 is 9.01. The van der Waals surface area contributed by atoms with Gasteiger partial charge in [-0.3, -0.25) is 0 Å². The van der Waals surface area contributed by atoms with Gasteiger partial charge in [0.15, 0.2) is 12.2 Å². The number of aromatic nitrogens is 1. The Morgan fingerprint density at radius 2 is 1.87 bits per heavy atom. The third kappa shape index (κ3) is 3.54. The first-order chi connectivity index (χ1) is 19.1. The molecule has 0 radical (unpaired) electrons. The fourth-order valence-corrected chi connectivity index (χ4v) is 6.82. The van der Waals surface area contributed by atoms with Gasteiger partial charge in [-0.05, 0) is 61.2 Å². The summed E-state index contributed by atoms with van der Waals surface area (Å²) in [4.78, 5) is 2.25. The van der Waals surface area contributed by atoms with E-state index in [4.69, 9.17) is 4.42 Å². The van der Waals surface area contributed by atoms with Crippen molar-refractivity contribution in [3.63, 3.8) is 0 Å². The predicted octanol–water partition coefficient (Wildman–Crippen LogP) is 7.89. The zero-order chi connectivity index (χ0) is 26.7. The van der Waals surface area contributed by atoms with Gasteiger partial charge in [-0.2, -0.15) is 9.83 Å². The highest BCUT2D eigenvalue weighted by Gasteiger charge is 2.41. The Morgan fingerprint density at radius 1 is 1.05 bits per heavy atom. The van der Waals surface area contributed by atoms with Crippen LogP contribution in [0.3, 0.4) is 0 Å². The Kier molecular flexibility index (Phi) is 5.42. The molecule has 0 amide bonds. The van der Waals surface area contributed by atoms with Crippen molar-refractivity contribution in [3.05, 3.63) is 120 Å². The number of nitriles is 1. The third-order valence-electron chi connectivity index (χ3n) is 8.74. The zero-order valence-electron chi connectivity index (χ0n) is 22.3. The van der Waals surface area contributed by atoms with Crippen molar-refractivity contribution in [1.82, 2.24) is 4.90 Å². The standard InChI is InChI=1S/C35H30N3O/c1-4-30-34-24(14-17-29-28-15-12-23(21-36)20-33(28)39-35(29)34)13-16-27-25-9-5-6-10-26(25)31-11-7-8-18-38(31)32(27)19-22(2)37(30)3/h4-12,14-15,17-18,20,27,32H,2,13,16,19H2,1,3H3/q+1/b30-4-. The Hall–Kier alpha value is -4.62. The molecule has 0 N–H and O–H groups in total. The smallest absolute Gasteiger partial charge is 0.213 e. The van der Waals surface area contributed by atoms with Crippen LogP contribution < -0.4 is 4.57 Å². The minimum absolute atomic E-state index is 0.282. The number of rotatable bonds is 0. The molecule has 39 heavy (non-hydrogen) atoms. The molecule has 2 aromatic heterocycles. The monoisotopic (exact) mass is 508 g/mol. The van der Waals surface area contributed by atoms with Gasteiger partial charge in [-0.25, -0.2) is 0 Å². The van der Waals surface area contributed by atoms with E-state index in [-0.39, 0.29) is 6.04 Å². The Morgan fingerprint density at radius 3 is 2.72 bits per heavy atom. The summed E-state index contributed by atoms with van der Waals surface area (Å²) in [6.07, 6.45) is 7.22. The summed E-state index contributed by atoms with van der Waals surface area (Å²) in [5.41, 5.74) is 10.8. The van der Waals surface area contributed by atoms with Crippen LogP contribution in [0.5, 0.6) is 0 Å². The average molecular weight is 509 g/mol. The number of hydrogen-bond acceptors (Lipinski definition) is 3. The van der Waals surface area contributed by atoms with E-state index >= 15 is 0 Å². The van der Waals surface area contributed by atoms with Gasteiger partial charge in [0.25, 0.3) is 0 Å². The minimum atomic E-state index is 0.282. The second kappa shape index (κ2) is 8.99. The van der Waals surface area contributed by atoms with Crippen molar-refractivity contribution in [2.24, 2.45) is 0 Å². The predicted molar refractivity (Wildman–Crippen MR) is 156 cm³/mol. The van der Waals surface area contributed by atoms with Crippen LogP contribution in [-0.4, -0.2) is 11.9 Å². The summed E-state index contributed by atoms with van der Waals surface area (Å²) in [5, 5.41) is 11.6. The number of furan rings is 1. The lowest BCUT2D eigenvalue weighted by molar-refractivity contribution is -0.718. The molecule has 3 aromatic carbocycles. The molecule has 5 aromatic rings. The van der Waals surface area contributed by atoms with Crippen LogP contribution in [-0.2, 0) is 6.42 Å². The van der Waals surface area contributed by atoms with E-state index in [9.17, 15) is 5.26 Å². The van der Waals surface area contributed by atoms with Gasteiger partial charge in [0.2, 0.25) is 5.69 Å².